The SMILES string of the molecule is CCCCCCCN1CCCC(C)(O)CC1. The predicted octanol–water partition coefficient (Wildman–Crippen LogP) is 3.19. The summed E-state index contributed by atoms with van der Waals surface area (Å²) < 4.78 is 0. The fraction of sp³-hybridized carbons (Fsp3) is 1.00. The average molecular weight is 227 g/mol. The lowest BCUT2D eigenvalue weighted by Gasteiger charge is -2.22. The van der Waals surface area contributed by atoms with E-state index in [1.807, 2.05) is 6.92 Å². The summed E-state index contributed by atoms with van der Waals surface area (Å²) in [5.74, 6) is 0. The molecule has 0 amide bonds. The van der Waals surface area contributed by atoms with E-state index in [1.54, 1.807) is 0 Å². The van der Waals surface area contributed by atoms with Crippen molar-refractivity contribution in [1.29, 1.82) is 0 Å². The third kappa shape index (κ3) is 5.86. The molecule has 1 N–H and O–H groups in total. The number of aliphatic hydroxyl groups is 1. The maximum Gasteiger partial charge on any atom is 0.0632 e. The first-order chi connectivity index (χ1) is 7.64. The van der Waals surface area contributed by atoms with Gasteiger partial charge in [0.05, 0.1) is 5.60 Å². The van der Waals surface area contributed by atoms with Crippen LogP contribution in [-0.4, -0.2) is 35.2 Å². The molecule has 0 radical (unpaired) electrons. The van der Waals surface area contributed by atoms with Gasteiger partial charge < -0.3 is 10.0 Å². The Hall–Kier alpha value is -0.0800. The summed E-state index contributed by atoms with van der Waals surface area (Å²) in [5.41, 5.74) is -0.406. The van der Waals surface area contributed by atoms with E-state index < -0.39 is 5.60 Å². The van der Waals surface area contributed by atoms with Crippen LogP contribution in [0.2, 0.25) is 0 Å². The largest absolute Gasteiger partial charge is 0.390 e. The zero-order valence-electron chi connectivity index (χ0n) is 11.2. The number of rotatable bonds is 6. The molecule has 0 aromatic carbocycles. The lowest BCUT2D eigenvalue weighted by molar-refractivity contribution is 0.0446. The van der Waals surface area contributed by atoms with Crippen molar-refractivity contribution in [3.8, 4) is 0 Å². The molecule has 0 spiro atoms. The molecule has 1 saturated heterocycles. The van der Waals surface area contributed by atoms with Crippen LogP contribution in [0.5, 0.6) is 0 Å². The number of hydrogen-bond donors (Lipinski definition) is 1. The fourth-order valence-corrected chi connectivity index (χ4v) is 2.48. The summed E-state index contributed by atoms with van der Waals surface area (Å²) in [5, 5.41) is 9.99. The van der Waals surface area contributed by atoms with Crippen LogP contribution < -0.4 is 0 Å². The highest BCUT2D eigenvalue weighted by atomic mass is 16.3. The Morgan fingerprint density at radius 3 is 2.56 bits per heavy atom. The van der Waals surface area contributed by atoms with Gasteiger partial charge in [-0.1, -0.05) is 32.6 Å². The summed E-state index contributed by atoms with van der Waals surface area (Å²) in [6.45, 7) is 7.75. The van der Waals surface area contributed by atoms with E-state index in [1.165, 1.54) is 45.2 Å². The molecule has 1 atom stereocenters. The second kappa shape index (κ2) is 7.29. The molecule has 1 aliphatic heterocycles. The molecule has 2 nitrogen and oxygen atoms in total. The fourth-order valence-electron chi connectivity index (χ4n) is 2.48. The van der Waals surface area contributed by atoms with Crippen LogP contribution in [-0.2, 0) is 0 Å². The minimum Gasteiger partial charge on any atom is -0.390 e. The molecular formula is C14H29NO. The van der Waals surface area contributed by atoms with Crippen molar-refractivity contribution in [1.82, 2.24) is 4.90 Å². The summed E-state index contributed by atoms with van der Waals surface area (Å²) in [6, 6.07) is 0. The standard InChI is InChI=1S/C14H29NO/c1-3-4-5-6-7-11-15-12-8-9-14(2,16)10-13-15/h16H,3-13H2,1-2H3. The van der Waals surface area contributed by atoms with E-state index in [-0.39, 0.29) is 0 Å². The molecule has 1 rings (SSSR count). The molecule has 1 heterocycles. The van der Waals surface area contributed by atoms with Crippen LogP contribution >= 0.6 is 0 Å². The van der Waals surface area contributed by atoms with Crippen molar-refractivity contribution in [3.05, 3.63) is 0 Å². The van der Waals surface area contributed by atoms with Crippen molar-refractivity contribution in [2.45, 2.75) is 70.8 Å². The molecule has 0 aliphatic carbocycles. The van der Waals surface area contributed by atoms with Gasteiger partial charge in [0.2, 0.25) is 0 Å². The number of hydrogen-bond acceptors (Lipinski definition) is 2. The highest BCUT2D eigenvalue weighted by molar-refractivity contribution is 4.78. The van der Waals surface area contributed by atoms with Crippen LogP contribution in [0.3, 0.4) is 0 Å². The maximum atomic E-state index is 9.99. The Balaban J connectivity index is 2.08. The zero-order valence-corrected chi connectivity index (χ0v) is 11.2. The Kier molecular flexibility index (Phi) is 6.37. The van der Waals surface area contributed by atoms with E-state index >= 15 is 0 Å². The monoisotopic (exact) mass is 227 g/mol. The van der Waals surface area contributed by atoms with Crippen molar-refractivity contribution in [3.63, 3.8) is 0 Å². The van der Waals surface area contributed by atoms with Crippen molar-refractivity contribution in [2.75, 3.05) is 19.6 Å². The maximum absolute atomic E-state index is 9.99. The zero-order chi connectivity index (χ0) is 11.9. The Labute approximate surface area is 101 Å². The quantitative estimate of drug-likeness (QED) is 0.704. The molecule has 0 saturated carbocycles. The normalized spacial score (nSPS) is 27.9. The van der Waals surface area contributed by atoms with Crippen LogP contribution in [0, 0.1) is 0 Å². The van der Waals surface area contributed by atoms with Gasteiger partial charge in [0.25, 0.3) is 0 Å². The molecule has 1 fully saturated rings. The molecule has 96 valence electrons. The molecule has 1 aliphatic rings. The first-order valence-electron chi connectivity index (χ1n) is 7.09. The smallest absolute Gasteiger partial charge is 0.0632 e. The van der Waals surface area contributed by atoms with Crippen molar-refractivity contribution < 1.29 is 5.11 Å². The minimum atomic E-state index is -0.406. The lowest BCUT2D eigenvalue weighted by atomic mass is 9.98. The van der Waals surface area contributed by atoms with Gasteiger partial charge in [-0.25, -0.2) is 0 Å². The van der Waals surface area contributed by atoms with Crippen molar-refractivity contribution in [2.24, 2.45) is 0 Å². The first-order valence-corrected chi connectivity index (χ1v) is 7.09. The molecule has 16 heavy (non-hydrogen) atoms. The van der Waals surface area contributed by atoms with E-state index in [2.05, 4.69) is 11.8 Å². The number of unbranched alkanes of at least 4 members (excludes halogenated alkanes) is 4. The Morgan fingerprint density at radius 1 is 1.06 bits per heavy atom. The third-order valence-electron chi connectivity index (χ3n) is 3.73. The number of nitrogens with zero attached hydrogens (tertiary/aromatic N) is 1. The third-order valence-corrected chi connectivity index (χ3v) is 3.73. The van der Waals surface area contributed by atoms with Gasteiger partial charge >= 0.3 is 0 Å². The Bertz CT molecular complexity index is 180. The van der Waals surface area contributed by atoms with Gasteiger partial charge in [-0.3, -0.25) is 0 Å². The van der Waals surface area contributed by atoms with Gasteiger partial charge in [0, 0.05) is 6.54 Å². The highest BCUT2D eigenvalue weighted by Gasteiger charge is 2.24. The molecule has 0 bridgehead atoms. The summed E-state index contributed by atoms with van der Waals surface area (Å²) in [4.78, 5) is 2.54. The molecule has 2 heteroatoms. The molecule has 0 aromatic rings. The van der Waals surface area contributed by atoms with Gasteiger partial charge in [0.15, 0.2) is 0 Å². The van der Waals surface area contributed by atoms with E-state index in [0.29, 0.717) is 0 Å². The summed E-state index contributed by atoms with van der Waals surface area (Å²) >= 11 is 0. The van der Waals surface area contributed by atoms with E-state index in [9.17, 15) is 5.11 Å². The van der Waals surface area contributed by atoms with E-state index in [0.717, 1.165) is 25.8 Å². The van der Waals surface area contributed by atoms with Crippen molar-refractivity contribution >= 4 is 0 Å². The van der Waals surface area contributed by atoms with Crippen LogP contribution in [0.1, 0.15) is 65.2 Å². The summed E-state index contributed by atoms with van der Waals surface area (Å²) in [7, 11) is 0. The predicted molar refractivity (Wildman–Crippen MR) is 69.7 cm³/mol. The summed E-state index contributed by atoms with van der Waals surface area (Å²) in [6.07, 6.45) is 9.88. The molecule has 0 aromatic heterocycles. The topological polar surface area (TPSA) is 23.5 Å². The Morgan fingerprint density at radius 2 is 1.81 bits per heavy atom. The second-order valence-corrected chi connectivity index (χ2v) is 5.61. The minimum absolute atomic E-state index is 0.406. The van der Waals surface area contributed by atoms with E-state index in [4.69, 9.17) is 0 Å². The van der Waals surface area contributed by atoms with Gasteiger partial charge in [-0.15, -0.1) is 0 Å². The second-order valence-electron chi connectivity index (χ2n) is 5.61. The molecule has 1 unspecified atom stereocenters. The van der Waals surface area contributed by atoms with Gasteiger partial charge in [0.1, 0.15) is 0 Å². The highest BCUT2D eigenvalue weighted by Crippen LogP contribution is 2.21. The van der Waals surface area contributed by atoms with Gasteiger partial charge in [-0.05, 0) is 45.7 Å². The van der Waals surface area contributed by atoms with Crippen LogP contribution in [0.25, 0.3) is 0 Å². The average Bonchev–Trinajstić information content (AvgIpc) is 2.40. The molecular weight excluding hydrogens is 198 g/mol. The first kappa shape index (κ1) is 14.0. The van der Waals surface area contributed by atoms with Crippen LogP contribution in [0.4, 0.5) is 0 Å². The lowest BCUT2D eigenvalue weighted by Crippen LogP contribution is -2.29. The van der Waals surface area contributed by atoms with Crippen LogP contribution in [0.15, 0.2) is 0 Å². The number of likely N-dealkylation sites (tertiary alicyclic amines) is 1. The van der Waals surface area contributed by atoms with Gasteiger partial charge in [-0.2, -0.15) is 0 Å².